The van der Waals surface area contributed by atoms with Crippen molar-refractivity contribution in [3.8, 4) is 0 Å². The van der Waals surface area contributed by atoms with E-state index in [2.05, 4.69) is 27.0 Å². The minimum atomic E-state index is -4.81. The standard InChI is InChI=1S/C32H47F6N7O6/c1-29(2,3)51-28(50)39-22-10-8-6-4-5-7-9-18-15-30(18,27(48)49)40-25(46)23-14-21(16-44(23)26(22)47)45-42-24(41-43-45)17-11-19(31(33,34)35)13-20(12-17)32(36,37)38/h7,9,17-24,41-43H,4-6,8,10-16H2,1-3H3,(H,39,50)(H,40,46)(H,48,49)/b9-7-/t17?,18-,19?,20?,21+,22-,23+,24?,30+/m1/s1. The van der Waals surface area contributed by atoms with Crippen LogP contribution in [-0.2, 0) is 19.1 Å². The van der Waals surface area contributed by atoms with Gasteiger partial charge in [-0.05, 0) is 78.1 Å². The number of hydrogen-bond acceptors (Lipinski definition) is 9. The summed E-state index contributed by atoms with van der Waals surface area (Å²) < 4.78 is 87.5. The molecule has 8 atom stereocenters. The highest BCUT2D eigenvalue weighted by Crippen LogP contribution is 2.49. The van der Waals surface area contributed by atoms with Gasteiger partial charge in [-0.25, -0.2) is 20.4 Å². The molecular weight excluding hydrogens is 692 g/mol. The number of halogens is 6. The van der Waals surface area contributed by atoms with E-state index in [1.165, 1.54) is 10.0 Å². The zero-order valence-electron chi connectivity index (χ0n) is 28.7. The molecule has 0 aromatic rings. The third kappa shape index (κ3) is 9.26. The highest BCUT2D eigenvalue weighted by molar-refractivity contribution is 5.96. The van der Waals surface area contributed by atoms with E-state index in [1.54, 1.807) is 26.8 Å². The summed E-state index contributed by atoms with van der Waals surface area (Å²) in [6.45, 7) is 4.82. The van der Waals surface area contributed by atoms with Crippen molar-refractivity contribution in [3.05, 3.63) is 12.2 Å². The number of ether oxygens (including phenoxy) is 1. The number of carbonyl (C=O) groups is 4. The maximum Gasteiger partial charge on any atom is 0.408 e. The second-order valence-corrected chi connectivity index (χ2v) is 15.4. The van der Waals surface area contributed by atoms with Crippen molar-refractivity contribution >= 4 is 23.9 Å². The van der Waals surface area contributed by atoms with Gasteiger partial charge in [0.1, 0.15) is 23.2 Å². The van der Waals surface area contributed by atoms with Gasteiger partial charge < -0.3 is 25.4 Å². The van der Waals surface area contributed by atoms with E-state index in [0.29, 0.717) is 19.3 Å². The number of amides is 3. The molecule has 3 amide bonds. The Morgan fingerprint density at radius 2 is 1.65 bits per heavy atom. The molecule has 3 heterocycles. The van der Waals surface area contributed by atoms with Crippen LogP contribution in [0.15, 0.2) is 12.2 Å². The molecule has 13 nitrogen and oxygen atoms in total. The van der Waals surface area contributed by atoms with E-state index in [1.807, 2.05) is 6.08 Å². The average Bonchev–Trinajstić information content (AvgIpc) is 3.33. The number of allylic oxidation sites excluding steroid dienone is 1. The van der Waals surface area contributed by atoms with Gasteiger partial charge in [-0.2, -0.15) is 37.0 Å². The highest BCUT2D eigenvalue weighted by Gasteiger charge is 2.62. The second-order valence-electron chi connectivity index (χ2n) is 15.4. The number of alkyl halides is 6. The van der Waals surface area contributed by atoms with Crippen molar-refractivity contribution in [1.82, 2.24) is 37.0 Å². The van der Waals surface area contributed by atoms with E-state index in [0.717, 1.165) is 6.42 Å². The maximum atomic E-state index is 14.2. The normalized spacial score (nSPS) is 36.6. The van der Waals surface area contributed by atoms with Crippen LogP contribution in [0.4, 0.5) is 31.1 Å². The molecule has 0 spiro atoms. The highest BCUT2D eigenvalue weighted by atomic mass is 19.4. The van der Waals surface area contributed by atoms with Crippen LogP contribution in [0.2, 0.25) is 0 Å². The SMILES string of the molecule is CC(C)(C)OC(=O)N[C@@H]1CCCCC/C=C\[C@@H]2C[C@]2(C(=O)O)NC(=O)[C@@H]2C[C@H](N3NNC(C4CC(C(F)(F)F)CC(C(F)(F)F)C4)N3)CN2C1=O. The molecule has 51 heavy (non-hydrogen) atoms. The van der Waals surface area contributed by atoms with Crippen molar-refractivity contribution < 1.29 is 55.4 Å². The monoisotopic (exact) mass is 739 g/mol. The Balaban J connectivity index is 1.37. The molecule has 19 heteroatoms. The molecule has 6 N–H and O–H groups in total. The Bertz CT molecular complexity index is 1340. The van der Waals surface area contributed by atoms with Crippen molar-refractivity contribution in [3.63, 3.8) is 0 Å². The first-order valence-corrected chi connectivity index (χ1v) is 17.4. The van der Waals surface area contributed by atoms with Crippen molar-refractivity contribution in [1.29, 1.82) is 0 Å². The van der Waals surface area contributed by atoms with Crippen LogP contribution >= 0.6 is 0 Å². The molecule has 288 valence electrons. The Morgan fingerprint density at radius 3 is 2.25 bits per heavy atom. The summed E-state index contributed by atoms with van der Waals surface area (Å²) in [4.78, 5) is 54.5. The first-order valence-electron chi connectivity index (χ1n) is 17.4. The number of alkyl carbamates (subject to hydrolysis) is 1. The number of nitrogens with zero attached hydrogens (tertiary/aromatic N) is 2. The van der Waals surface area contributed by atoms with Crippen molar-refractivity contribution in [2.75, 3.05) is 6.54 Å². The van der Waals surface area contributed by atoms with Gasteiger partial charge >= 0.3 is 24.4 Å². The van der Waals surface area contributed by atoms with Crippen molar-refractivity contribution in [2.24, 2.45) is 23.7 Å². The van der Waals surface area contributed by atoms with Gasteiger partial charge in [0.2, 0.25) is 11.8 Å². The number of carboxylic acid groups (broad SMARTS) is 1. The lowest BCUT2D eigenvalue weighted by molar-refractivity contribution is -0.230. The van der Waals surface area contributed by atoms with Crippen LogP contribution in [0, 0.1) is 23.7 Å². The van der Waals surface area contributed by atoms with Crippen LogP contribution in [0.1, 0.15) is 85.0 Å². The Morgan fingerprint density at radius 1 is 0.980 bits per heavy atom. The summed E-state index contributed by atoms with van der Waals surface area (Å²) >= 11 is 0. The Hall–Kier alpha value is -3.16. The lowest BCUT2D eigenvalue weighted by atomic mass is 9.73. The second kappa shape index (κ2) is 14.7. The molecule has 2 saturated heterocycles. The largest absolute Gasteiger partial charge is 0.479 e. The van der Waals surface area contributed by atoms with E-state index in [-0.39, 0.29) is 25.8 Å². The Kier molecular flexibility index (Phi) is 11.3. The number of carbonyl (C=O) groups excluding carboxylic acids is 3. The van der Waals surface area contributed by atoms with E-state index >= 15 is 0 Å². The molecule has 0 radical (unpaired) electrons. The zero-order valence-corrected chi connectivity index (χ0v) is 28.7. The number of carboxylic acids is 1. The molecule has 5 aliphatic rings. The smallest absolute Gasteiger partial charge is 0.408 e. The van der Waals surface area contributed by atoms with Crippen molar-refractivity contribution in [2.45, 2.75) is 133 Å². The van der Waals surface area contributed by atoms with Crippen LogP contribution < -0.4 is 27.0 Å². The molecule has 0 bridgehead atoms. The number of hydrazine groups is 3. The fraction of sp³-hybridized carbons (Fsp3) is 0.812. The van der Waals surface area contributed by atoms with Gasteiger partial charge in [0, 0.05) is 12.5 Å². The fourth-order valence-electron chi connectivity index (χ4n) is 7.66. The van der Waals surface area contributed by atoms with Gasteiger partial charge in [-0.3, -0.25) is 9.59 Å². The molecule has 2 aliphatic carbocycles. The molecular formula is C32H47F6N7O6. The topological polar surface area (TPSA) is 164 Å². The summed E-state index contributed by atoms with van der Waals surface area (Å²) in [6, 6.07) is -3.08. The number of hydrogen-bond donors (Lipinski definition) is 6. The third-order valence-corrected chi connectivity index (χ3v) is 10.5. The minimum absolute atomic E-state index is 0.0810. The van der Waals surface area contributed by atoms with E-state index < -0.39 is 115 Å². The van der Waals surface area contributed by atoms with Crippen LogP contribution in [0.3, 0.4) is 0 Å². The summed E-state index contributed by atoms with van der Waals surface area (Å²) in [7, 11) is 0. The first kappa shape index (κ1) is 39.1. The fourth-order valence-corrected chi connectivity index (χ4v) is 7.66. The quantitative estimate of drug-likeness (QED) is 0.185. The molecule has 5 rings (SSSR count). The summed E-state index contributed by atoms with van der Waals surface area (Å²) in [5.74, 6) is -8.43. The predicted octanol–water partition coefficient (Wildman–Crippen LogP) is 3.64. The average molecular weight is 740 g/mol. The summed E-state index contributed by atoms with van der Waals surface area (Å²) in [5, 5.41) is 16.7. The van der Waals surface area contributed by atoms with Gasteiger partial charge in [-0.1, -0.05) is 25.0 Å². The Labute approximate surface area is 291 Å². The third-order valence-electron chi connectivity index (χ3n) is 10.5. The minimum Gasteiger partial charge on any atom is -0.479 e. The number of rotatable bonds is 4. The predicted molar refractivity (Wildman–Crippen MR) is 167 cm³/mol. The number of fused-ring (bicyclic) bond motifs is 2. The molecule has 3 aliphatic heterocycles. The van der Waals surface area contributed by atoms with Gasteiger partial charge in [0.25, 0.3) is 0 Å². The van der Waals surface area contributed by atoms with E-state index in [4.69, 9.17) is 4.74 Å². The lowest BCUT2D eigenvalue weighted by Crippen LogP contribution is -2.56. The van der Waals surface area contributed by atoms with Gasteiger partial charge in [0.05, 0.1) is 24.0 Å². The van der Waals surface area contributed by atoms with Crippen LogP contribution in [0.25, 0.3) is 0 Å². The first-order chi connectivity index (χ1) is 23.7. The molecule has 2 saturated carbocycles. The van der Waals surface area contributed by atoms with Gasteiger partial charge in [-0.15, -0.1) is 0 Å². The van der Waals surface area contributed by atoms with Crippen LogP contribution in [-0.4, -0.2) is 93.3 Å². The molecule has 0 aromatic carbocycles. The molecule has 0 aromatic heterocycles. The van der Waals surface area contributed by atoms with E-state index in [9.17, 15) is 50.6 Å². The lowest BCUT2D eigenvalue weighted by Gasteiger charge is -2.38. The summed E-state index contributed by atoms with van der Waals surface area (Å²) in [6.07, 6.45) is -7.08. The maximum absolute atomic E-state index is 14.2. The zero-order chi connectivity index (χ0) is 37.5. The number of nitrogens with one attached hydrogen (secondary N) is 5. The van der Waals surface area contributed by atoms with Gasteiger partial charge in [0.15, 0.2) is 0 Å². The van der Waals surface area contributed by atoms with Crippen LogP contribution in [0.5, 0.6) is 0 Å². The summed E-state index contributed by atoms with van der Waals surface area (Å²) in [5.41, 5.74) is 5.96. The molecule has 3 unspecified atom stereocenters. The molecule has 4 fully saturated rings. The number of aliphatic carboxylic acids is 1.